The Bertz CT molecular complexity index is 762. The van der Waals surface area contributed by atoms with Crippen molar-refractivity contribution in [2.45, 2.75) is 6.92 Å². The molecule has 3 aromatic rings. The number of anilines is 2. The zero-order chi connectivity index (χ0) is 14.8. The Morgan fingerprint density at radius 2 is 1.86 bits per heavy atom. The minimum Gasteiger partial charge on any atom is -0.494 e. The standard InChI is InChI=1S/C14H15N5O2/c1-9-7-12(19-14(17-9)15-8-16-19)18-13-10(20-2)5-4-6-11(13)21-3/h4-8,18H,1-3H3. The third-order valence-electron chi connectivity index (χ3n) is 3.06. The van der Waals surface area contributed by atoms with Crippen molar-refractivity contribution in [3.8, 4) is 11.5 Å². The van der Waals surface area contributed by atoms with Crippen molar-refractivity contribution in [1.82, 2.24) is 19.6 Å². The number of methoxy groups -OCH3 is 2. The van der Waals surface area contributed by atoms with Crippen molar-refractivity contribution in [2.24, 2.45) is 0 Å². The normalized spacial score (nSPS) is 10.6. The van der Waals surface area contributed by atoms with Crippen molar-refractivity contribution >= 4 is 17.3 Å². The lowest BCUT2D eigenvalue weighted by molar-refractivity contribution is 0.398. The zero-order valence-corrected chi connectivity index (χ0v) is 12.0. The first kappa shape index (κ1) is 13.2. The van der Waals surface area contributed by atoms with Crippen LogP contribution in [0.3, 0.4) is 0 Å². The van der Waals surface area contributed by atoms with E-state index < -0.39 is 0 Å². The van der Waals surface area contributed by atoms with Crippen LogP contribution in [0.2, 0.25) is 0 Å². The molecule has 0 aliphatic rings. The number of benzene rings is 1. The number of nitrogens with zero attached hydrogens (tertiary/aromatic N) is 4. The number of para-hydroxylation sites is 1. The summed E-state index contributed by atoms with van der Waals surface area (Å²) in [7, 11) is 3.23. The number of aromatic nitrogens is 4. The van der Waals surface area contributed by atoms with Gasteiger partial charge in [-0.05, 0) is 19.1 Å². The molecule has 0 amide bonds. The van der Waals surface area contributed by atoms with E-state index in [0.717, 1.165) is 17.2 Å². The number of hydrogen-bond acceptors (Lipinski definition) is 6. The molecule has 0 atom stereocenters. The molecule has 0 aliphatic heterocycles. The van der Waals surface area contributed by atoms with Gasteiger partial charge in [-0.3, -0.25) is 0 Å². The molecule has 0 saturated heterocycles. The summed E-state index contributed by atoms with van der Waals surface area (Å²) in [5.74, 6) is 2.62. The largest absolute Gasteiger partial charge is 0.494 e. The lowest BCUT2D eigenvalue weighted by Gasteiger charge is -2.15. The second-order valence-electron chi connectivity index (χ2n) is 4.42. The Labute approximate surface area is 121 Å². The molecule has 21 heavy (non-hydrogen) atoms. The van der Waals surface area contributed by atoms with Gasteiger partial charge in [0.2, 0.25) is 0 Å². The molecule has 3 rings (SSSR count). The maximum atomic E-state index is 5.38. The first-order valence-corrected chi connectivity index (χ1v) is 6.38. The fourth-order valence-corrected chi connectivity index (χ4v) is 2.12. The van der Waals surface area contributed by atoms with E-state index in [1.54, 1.807) is 18.7 Å². The van der Waals surface area contributed by atoms with E-state index in [1.165, 1.54) is 6.33 Å². The van der Waals surface area contributed by atoms with Crippen molar-refractivity contribution in [3.63, 3.8) is 0 Å². The molecule has 0 saturated carbocycles. The molecule has 0 spiro atoms. The summed E-state index contributed by atoms with van der Waals surface area (Å²) < 4.78 is 12.4. The first-order chi connectivity index (χ1) is 10.2. The molecule has 2 heterocycles. The van der Waals surface area contributed by atoms with Crippen LogP contribution < -0.4 is 14.8 Å². The van der Waals surface area contributed by atoms with Crippen LogP contribution in [0, 0.1) is 6.92 Å². The fourth-order valence-electron chi connectivity index (χ4n) is 2.12. The summed E-state index contributed by atoms with van der Waals surface area (Å²) in [5, 5.41) is 7.45. The number of rotatable bonds is 4. The number of fused-ring (bicyclic) bond motifs is 1. The number of ether oxygens (including phenoxy) is 2. The van der Waals surface area contributed by atoms with Crippen molar-refractivity contribution < 1.29 is 9.47 Å². The van der Waals surface area contributed by atoms with Crippen LogP contribution in [0.1, 0.15) is 5.69 Å². The van der Waals surface area contributed by atoms with Crippen LogP contribution in [-0.4, -0.2) is 33.8 Å². The minimum absolute atomic E-state index is 0.534. The third-order valence-corrected chi connectivity index (χ3v) is 3.06. The quantitative estimate of drug-likeness (QED) is 0.792. The molecule has 7 nitrogen and oxygen atoms in total. The van der Waals surface area contributed by atoms with Crippen LogP contribution in [0.15, 0.2) is 30.6 Å². The molecular formula is C14H15N5O2. The molecule has 7 heteroatoms. The van der Waals surface area contributed by atoms with Crippen molar-refractivity contribution in [3.05, 3.63) is 36.3 Å². The van der Waals surface area contributed by atoms with Gasteiger partial charge in [-0.1, -0.05) is 6.07 Å². The summed E-state index contributed by atoms with van der Waals surface area (Å²) in [6.45, 7) is 1.90. The van der Waals surface area contributed by atoms with Crippen LogP contribution in [-0.2, 0) is 0 Å². The van der Waals surface area contributed by atoms with Crippen LogP contribution in [0.4, 0.5) is 11.5 Å². The molecule has 1 aromatic carbocycles. The second-order valence-corrected chi connectivity index (χ2v) is 4.42. The van der Waals surface area contributed by atoms with Gasteiger partial charge in [-0.15, -0.1) is 0 Å². The summed E-state index contributed by atoms with van der Waals surface area (Å²) >= 11 is 0. The molecule has 0 bridgehead atoms. The third kappa shape index (κ3) is 2.33. The maximum absolute atomic E-state index is 5.38. The Morgan fingerprint density at radius 3 is 2.52 bits per heavy atom. The molecule has 108 valence electrons. The highest BCUT2D eigenvalue weighted by molar-refractivity contribution is 5.72. The second kappa shape index (κ2) is 5.28. The first-order valence-electron chi connectivity index (χ1n) is 6.38. The van der Waals surface area contributed by atoms with Gasteiger partial charge in [-0.2, -0.15) is 14.6 Å². The van der Waals surface area contributed by atoms with Gasteiger partial charge in [0.05, 0.1) is 14.2 Å². The van der Waals surface area contributed by atoms with E-state index in [0.29, 0.717) is 17.3 Å². The Kier molecular flexibility index (Phi) is 3.31. The minimum atomic E-state index is 0.534. The summed E-state index contributed by atoms with van der Waals surface area (Å²) in [6.07, 6.45) is 1.46. The van der Waals surface area contributed by atoms with Crippen LogP contribution in [0.5, 0.6) is 11.5 Å². The topological polar surface area (TPSA) is 73.6 Å². The van der Waals surface area contributed by atoms with E-state index in [1.807, 2.05) is 31.2 Å². The molecule has 0 radical (unpaired) electrons. The SMILES string of the molecule is COc1cccc(OC)c1Nc1cc(C)nc2ncnn12. The van der Waals surface area contributed by atoms with Gasteiger partial charge in [-0.25, -0.2) is 4.98 Å². The van der Waals surface area contributed by atoms with Gasteiger partial charge in [0.25, 0.3) is 5.78 Å². The van der Waals surface area contributed by atoms with Gasteiger partial charge in [0.1, 0.15) is 29.3 Å². The highest BCUT2D eigenvalue weighted by atomic mass is 16.5. The van der Waals surface area contributed by atoms with Crippen molar-refractivity contribution in [2.75, 3.05) is 19.5 Å². The molecule has 0 aliphatic carbocycles. The molecular weight excluding hydrogens is 270 g/mol. The average Bonchev–Trinajstić information content (AvgIpc) is 2.95. The summed E-state index contributed by atoms with van der Waals surface area (Å²) in [5.41, 5.74) is 1.57. The van der Waals surface area contributed by atoms with Crippen LogP contribution in [0.25, 0.3) is 5.78 Å². The predicted molar refractivity (Wildman–Crippen MR) is 78.3 cm³/mol. The van der Waals surface area contributed by atoms with E-state index in [-0.39, 0.29) is 0 Å². The number of nitrogens with one attached hydrogen (secondary N) is 1. The number of aryl methyl sites for hydroxylation is 1. The molecule has 0 fully saturated rings. The maximum Gasteiger partial charge on any atom is 0.254 e. The molecule has 2 aromatic heterocycles. The Balaban J connectivity index is 2.12. The number of hydrogen-bond donors (Lipinski definition) is 1. The zero-order valence-electron chi connectivity index (χ0n) is 12.0. The lowest BCUT2D eigenvalue weighted by Crippen LogP contribution is -2.05. The fraction of sp³-hybridized carbons (Fsp3) is 0.214. The van der Waals surface area contributed by atoms with Crippen molar-refractivity contribution in [1.29, 1.82) is 0 Å². The highest BCUT2D eigenvalue weighted by Crippen LogP contribution is 2.36. The summed E-state index contributed by atoms with van der Waals surface area (Å²) in [6, 6.07) is 7.47. The highest BCUT2D eigenvalue weighted by Gasteiger charge is 2.13. The van der Waals surface area contributed by atoms with Gasteiger partial charge >= 0.3 is 0 Å². The monoisotopic (exact) mass is 285 g/mol. The Morgan fingerprint density at radius 1 is 1.14 bits per heavy atom. The predicted octanol–water partition coefficient (Wildman–Crippen LogP) is 2.19. The molecule has 1 N–H and O–H groups in total. The van der Waals surface area contributed by atoms with E-state index in [2.05, 4.69) is 20.4 Å². The van der Waals surface area contributed by atoms with Gasteiger partial charge < -0.3 is 14.8 Å². The average molecular weight is 285 g/mol. The van der Waals surface area contributed by atoms with Gasteiger partial charge in [0, 0.05) is 11.8 Å². The van der Waals surface area contributed by atoms with E-state index in [4.69, 9.17) is 9.47 Å². The lowest BCUT2D eigenvalue weighted by atomic mass is 10.2. The van der Waals surface area contributed by atoms with E-state index >= 15 is 0 Å². The Hall–Kier alpha value is -2.83. The van der Waals surface area contributed by atoms with E-state index in [9.17, 15) is 0 Å². The summed E-state index contributed by atoms with van der Waals surface area (Å²) in [4.78, 5) is 8.42. The molecule has 0 unspecified atom stereocenters. The van der Waals surface area contributed by atoms with Gasteiger partial charge in [0.15, 0.2) is 0 Å². The smallest absolute Gasteiger partial charge is 0.254 e. The van der Waals surface area contributed by atoms with Crippen LogP contribution >= 0.6 is 0 Å².